The lowest BCUT2D eigenvalue weighted by atomic mass is 10.7. The van der Waals surface area contributed by atoms with Crippen LogP contribution in [0.5, 0.6) is 0 Å². The van der Waals surface area contributed by atoms with Gasteiger partial charge in [-0.05, 0) is 12.8 Å². The molecule has 0 unspecified atom stereocenters. The molecule has 0 aromatic carbocycles. The SMILES string of the molecule is [2H]C([2H])=C1CC1. The Hall–Kier alpha value is -0.260. The maximum absolute atomic E-state index is 6.64. The van der Waals surface area contributed by atoms with E-state index < -0.39 is 0 Å². The van der Waals surface area contributed by atoms with Crippen molar-refractivity contribution in [3.05, 3.63) is 12.1 Å². The van der Waals surface area contributed by atoms with Gasteiger partial charge in [0.15, 0.2) is 0 Å². The molecule has 0 heterocycles. The highest BCUT2D eigenvalue weighted by atomic mass is 14.1. The minimum Gasteiger partial charge on any atom is -0.0998 e. The zero-order valence-corrected chi connectivity index (χ0v) is 2.41. The number of hydrogen-bond acceptors (Lipinski definition) is 0. The van der Waals surface area contributed by atoms with Gasteiger partial charge in [-0.2, -0.15) is 0 Å². The maximum Gasteiger partial charge on any atom is 0.0537 e. The Morgan fingerprint density at radius 2 is 2.75 bits per heavy atom. The van der Waals surface area contributed by atoms with Crippen molar-refractivity contribution in [1.82, 2.24) is 0 Å². The molecule has 1 aliphatic carbocycles. The molecular weight excluding hydrogens is 48.0 g/mol. The molecule has 0 heteroatoms. The Labute approximate surface area is 28.9 Å². The van der Waals surface area contributed by atoms with Crippen LogP contribution in [0.1, 0.15) is 15.6 Å². The van der Waals surface area contributed by atoms with E-state index in [-0.39, 0.29) is 6.53 Å². The van der Waals surface area contributed by atoms with E-state index >= 15 is 0 Å². The van der Waals surface area contributed by atoms with Gasteiger partial charge < -0.3 is 0 Å². The summed E-state index contributed by atoms with van der Waals surface area (Å²) in [6, 6.07) is 0. The molecule has 0 aromatic rings. The normalized spacial score (nSPS) is 27.5. The molecule has 1 saturated carbocycles. The Balaban J connectivity index is 2.61. The van der Waals surface area contributed by atoms with E-state index in [1.807, 2.05) is 0 Å². The topological polar surface area (TPSA) is 0 Å². The van der Waals surface area contributed by atoms with Crippen LogP contribution in [0.4, 0.5) is 0 Å². The Bertz CT molecular complexity index is 83.7. The maximum atomic E-state index is 6.64. The summed E-state index contributed by atoms with van der Waals surface area (Å²) in [5.74, 6) is 0. The van der Waals surface area contributed by atoms with Crippen molar-refractivity contribution in [2.75, 3.05) is 0 Å². The summed E-state index contributed by atoms with van der Waals surface area (Å²) < 4.78 is 13.3. The van der Waals surface area contributed by atoms with E-state index in [4.69, 9.17) is 2.74 Å². The molecule has 0 saturated heterocycles. The minimum absolute atomic E-state index is 0.0370. The molecule has 22 valence electrons. The molecule has 0 spiro atoms. The molecule has 4 heavy (non-hydrogen) atoms. The van der Waals surface area contributed by atoms with Crippen LogP contribution in [0.25, 0.3) is 0 Å². The lowest BCUT2D eigenvalue weighted by Gasteiger charge is -1.34. The molecule has 1 aliphatic rings. The number of allylic oxidation sites excluding steroid dienone is 1. The average molecular weight is 56.1 g/mol. The third-order valence-corrected chi connectivity index (χ3v) is 0.500. The second-order valence-electron chi connectivity index (χ2n) is 1.10. The zero-order chi connectivity index (χ0) is 4.57. The highest BCUT2D eigenvalue weighted by Gasteiger charge is 2.04. The van der Waals surface area contributed by atoms with Crippen molar-refractivity contribution in [3.8, 4) is 0 Å². The van der Waals surface area contributed by atoms with Crippen molar-refractivity contribution in [3.63, 3.8) is 0 Å². The number of hydrogen-bond donors (Lipinski definition) is 0. The lowest BCUT2D eigenvalue weighted by Crippen LogP contribution is -1.12. The van der Waals surface area contributed by atoms with Crippen molar-refractivity contribution in [2.24, 2.45) is 0 Å². The Kier molecular flexibility index (Phi) is 0.0787. The van der Waals surface area contributed by atoms with Gasteiger partial charge in [0.2, 0.25) is 0 Å². The smallest absolute Gasteiger partial charge is 0.0537 e. The summed E-state index contributed by atoms with van der Waals surface area (Å²) in [5.41, 5.74) is 1.01. The fourth-order valence-corrected chi connectivity index (χ4v) is 0.0625. The van der Waals surface area contributed by atoms with E-state index in [0.717, 1.165) is 18.4 Å². The summed E-state index contributed by atoms with van der Waals surface area (Å²) in [6.45, 7) is 0.0370. The zero-order valence-electron chi connectivity index (χ0n) is 4.41. The fraction of sp³-hybridized carbons (Fsp3) is 0.500. The van der Waals surface area contributed by atoms with Gasteiger partial charge in [-0.25, -0.2) is 0 Å². The van der Waals surface area contributed by atoms with Crippen LogP contribution in [0, 0.1) is 0 Å². The molecule has 1 fully saturated rings. The lowest BCUT2D eigenvalue weighted by molar-refractivity contribution is 1.50. The summed E-state index contributed by atoms with van der Waals surface area (Å²) in [7, 11) is 0. The van der Waals surface area contributed by atoms with E-state index in [2.05, 4.69) is 0 Å². The molecule has 0 bridgehead atoms. The van der Waals surface area contributed by atoms with E-state index in [1.165, 1.54) is 0 Å². The van der Waals surface area contributed by atoms with Crippen molar-refractivity contribution >= 4 is 0 Å². The summed E-state index contributed by atoms with van der Waals surface area (Å²) in [6.07, 6.45) is 2.00. The highest BCUT2D eigenvalue weighted by molar-refractivity contribution is 5.09. The molecule has 0 nitrogen and oxygen atoms in total. The minimum atomic E-state index is 0.0370. The van der Waals surface area contributed by atoms with Crippen LogP contribution in [0.2, 0.25) is 0 Å². The third-order valence-electron chi connectivity index (χ3n) is 0.500. The van der Waals surface area contributed by atoms with Gasteiger partial charge in [0.25, 0.3) is 0 Å². The van der Waals surface area contributed by atoms with Gasteiger partial charge in [0.1, 0.15) is 0 Å². The molecule has 0 radical (unpaired) electrons. The first kappa shape index (κ1) is 0.852. The molecular formula is C4H6. The first-order chi connectivity index (χ1) is 2.80. The molecule has 1 rings (SSSR count). The first-order valence-electron chi connectivity index (χ1n) is 2.46. The second-order valence-corrected chi connectivity index (χ2v) is 1.10. The van der Waals surface area contributed by atoms with Gasteiger partial charge >= 0.3 is 0 Å². The van der Waals surface area contributed by atoms with Crippen LogP contribution >= 0.6 is 0 Å². The largest absolute Gasteiger partial charge is 0.0998 e. The van der Waals surface area contributed by atoms with Crippen molar-refractivity contribution in [1.29, 1.82) is 0 Å². The van der Waals surface area contributed by atoms with Crippen LogP contribution in [0.3, 0.4) is 0 Å². The second kappa shape index (κ2) is 0.369. The molecule has 0 atom stereocenters. The van der Waals surface area contributed by atoms with Crippen LogP contribution in [-0.2, 0) is 0 Å². The van der Waals surface area contributed by atoms with Crippen molar-refractivity contribution in [2.45, 2.75) is 12.8 Å². The van der Waals surface area contributed by atoms with Crippen LogP contribution in [0.15, 0.2) is 12.1 Å². The van der Waals surface area contributed by atoms with Gasteiger partial charge in [-0.15, -0.1) is 0 Å². The quantitative estimate of drug-likeness (QED) is 0.367. The summed E-state index contributed by atoms with van der Waals surface area (Å²) >= 11 is 0. The molecule has 0 aliphatic heterocycles. The third kappa shape index (κ3) is 0.127. The first-order valence-corrected chi connectivity index (χ1v) is 1.46. The standard InChI is InChI=1S/C4H6/c1-4-2-3-4/h1-3H2/i1D2. The monoisotopic (exact) mass is 56.1 g/mol. The molecule has 0 amide bonds. The van der Waals surface area contributed by atoms with Gasteiger partial charge in [-0.3, -0.25) is 0 Å². The summed E-state index contributed by atoms with van der Waals surface area (Å²) in [4.78, 5) is 0. The predicted molar refractivity (Wildman–Crippen MR) is 18.4 cm³/mol. The average Bonchev–Trinajstić information content (AvgIpc) is 2.06. The number of rotatable bonds is 0. The van der Waals surface area contributed by atoms with Crippen LogP contribution in [-0.4, -0.2) is 0 Å². The van der Waals surface area contributed by atoms with Crippen LogP contribution < -0.4 is 0 Å². The van der Waals surface area contributed by atoms with Gasteiger partial charge in [0, 0.05) is 0 Å². The van der Waals surface area contributed by atoms with Gasteiger partial charge in [-0.1, -0.05) is 12.1 Å². The predicted octanol–water partition coefficient (Wildman–Crippen LogP) is 1.34. The molecule has 0 N–H and O–H groups in total. The van der Waals surface area contributed by atoms with E-state index in [1.54, 1.807) is 0 Å². The van der Waals surface area contributed by atoms with Gasteiger partial charge in [0.05, 0.1) is 2.74 Å². The van der Waals surface area contributed by atoms with Crippen molar-refractivity contribution < 1.29 is 2.74 Å². The summed E-state index contributed by atoms with van der Waals surface area (Å²) in [5, 5.41) is 0. The Morgan fingerprint density at radius 1 is 2.00 bits per heavy atom. The van der Waals surface area contributed by atoms with E-state index in [0.29, 0.717) is 0 Å². The molecule has 0 aromatic heterocycles. The fourth-order valence-electron chi connectivity index (χ4n) is 0.0625. The Morgan fingerprint density at radius 3 is 2.75 bits per heavy atom. The highest BCUT2D eigenvalue weighted by Crippen LogP contribution is 2.23. The van der Waals surface area contributed by atoms with E-state index in [9.17, 15) is 0 Å².